The van der Waals surface area contributed by atoms with Gasteiger partial charge >= 0.3 is 5.69 Å². The Labute approximate surface area is 196 Å². The topological polar surface area (TPSA) is 141 Å². The largest absolute Gasteiger partial charge is 0.494 e. The van der Waals surface area contributed by atoms with Gasteiger partial charge < -0.3 is 15.0 Å². The average Bonchev–Trinajstić information content (AvgIpc) is 2.77. The molecule has 3 N–H and O–H groups in total. The number of aromatic amines is 2. The van der Waals surface area contributed by atoms with Crippen LogP contribution in [0, 0.1) is 13.8 Å². The molecule has 0 saturated heterocycles. The molecule has 1 amide bonds. The number of sulfonamides is 1. The van der Waals surface area contributed by atoms with Crippen LogP contribution in [-0.4, -0.2) is 37.4 Å². The number of nitrogens with one attached hydrogen (secondary N) is 3. The van der Waals surface area contributed by atoms with Gasteiger partial charge in [0.05, 0.1) is 12.3 Å². The molecule has 0 fully saturated rings. The van der Waals surface area contributed by atoms with Gasteiger partial charge in [0, 0.05) is 12.2 Å². The predicted octanol–water partition coefficient (Wildman–Crippen LogP) is 1.59. The first-order chi connectivity index (χ1) is 16.1. The number of aromatic nitrogens is 2. The summed E-state index contributed by atoms with van der Waals surface area (Å²) in [6, 6.07) is 13.6. The van der Waals surface area contributed by atoms with Crippen LogP contribution in [0.15, 0.2) is 63.0 Å². The zero-order valence-corrected chi connectivity index (χ0v) is 19.9. The van der Waals surface area contributed by atoms with E-state index in [-0.39, 0.29) is 17.9 Å². The monoisotopic (exact) mass is 486 g/mol. The van der Waals surface area contributed by atoms with Crippen LogP contribution in [0.4, 0.5) is 5.69 Å². The molecule has 3 rings (SSSR count). The zero-order valence-electron chi connectivity index (χ0n) is 19.0. The third-order valence-electron chi connectivity index (χ3n) is 4.96. The van der Waals surface area contributed by atoms with Gasteiger partial charge in [-0.25, -0.2) is 13.2 Å². The number of carbonyl (C=O) groups is 1. The van der Waals surface area contributed by atoms with Gasteiger partial charge in [0.15, 0.2) is 4.90 Å². The molecule has 0 aliphatic rings. The first kappa shape index (κ1) is 24.8. The van der Waals surface area contributed by atoms with Gasteiger partial charge in [-0.1, -0.05) is 29.8 Å². The fourth-order valence-corrected chi connectivity index (χ4v) is 4.92. The summed E-state index contributed by atoms with van der Waals surface area (Å²) in [4.78, 5) is 40.3. The summed E-state index contributed by atoms with van der Waals surface area (Å²) in [6.07, 6.45) is 0. The van der Waals surface area contributed by atoms with Crippen molar-refractivity contribution in [2.75, 3.05) is 17.5 Å². The minimum Gasteiger partial charge on any atom is -0.494 e. The molecular formula is C23H26N4O6S. The number of nitrogens with zero attached hydrogens (tertiary/aromatic N) is 1. The first-order valence-electron chi connectivity index (χ1n) is 10.5. The molecule has 0 atom stereocenters. The standard InChI is InChI=1S/C23H26N4O6S/c1-4-33-19-11-9-18(10-12-19)27(14-20(28)24-13-17-7-5-15(2)6-8-17)34(31,32)21-16(3)25-23(30)26-22(21)29/h5-12H,4,13-14H2,1-3H3,(H,24,28)(H2,25,26,29,30). The van der Waals surface area contributed by atoms with Gasteiger partial charge in [0.1, 0.15) is 12.3 Å². The molecule has 180 valence electrons. The number of carbonyl (C=O) groups excluding carboxylic acids is 1. The Morgan fingerprint density at radius 1 is 1.00 bits per heavy atom. The number of hydrogen-bond acceptors (Lipinski definition) is 6. The molecule has 0 saturated carbocycles. The summed E-state index contributed by atoms with van der Waals surface area (Å²) in [7, 11) is -4.52. The molecule has 0 unspecified atom stereocenters. The normalized spacial score (nSPS) is 11.1. The summed E-state index contributed by atoms with van der Waals surface area (Å²) in [6.45, 7) is 5.11. The number of aryl methyl sites for hydroxylation is 2. The van der Waals surface area contributed by atoms with E-state index in [4.69, 9.17) is 4.74 Å². The van der Waals surface area contributed by atoms with E-state index in [0.29, 0.717) is 12.4 Å². The van der Waals surface area contributed by atoms with Crippen molar-refractivity contribution in [3.05, 3.63) is 86.2 Å². The summed E-state index contributed by atoms with van der Waals surface area (Å²) >= 11 is 0. The second-order valence-electron chi connectivity index (χ2n) is 7.56. The van der Waals surface area contributed by atoms with Crippen LogP contribution in [0.5, 0.6) is 5.75 Å². The third kappa shape index (κ3) is 5.73. The summed E-state index contributed by atoms with van der Waals surface area (Å²) in [5.74, 6) is -0.0537. The quantitative estimate of drug-likeness (QED) is 0.419. The lowest BCUT2D eigenvalue weighted by molar-refractivity contribution is -0.119. The average molecular weight is 487 g/mol. The van der Waals surface area contributed by atoms with Crippen molar-refractivity contribution in [3.63, 3.8) is 0 Å². The predicted molar refractivity (Wildman–Crippen MR) is 128 cm³/mol. The highest BCUT2D eigenvalue weighted by molar-refractivity contribution is 7.92. The van der Waals surface area contributed by atoms with Gasteiger partial charge in [-0.3, -0.25) is 18.9 Å². The number of benzene rings is 2. The van der Waals surface area contributed by atoms with Crippen LogP contribution in [-0.2, 0) is 21.4 Å². The number of hydrogen-bond donors (Lipinski definition) is 3. The summed E-state index contributed by atoms with van der Waals surface area (Å²) < 4.78 is 33.3. The lowest BCUT2D eigenvalue weighted by Crippen LogP contribution is -2.43. The lowest BCUT2D eigenvalue weighted by Gasteiger charge is -2.24. The van der Waals surface area contributed by atoms with Crippen molar-refractivity contribution >= 4 is 21.6 Å². The highest BCUT2D eigenvalue weighted by atomic mass is 32.2. The molecule has 3 aromatic rings. The fraction of sp³-hybridized carbons (Fsp3) is 0.261. The van der Waals surface area contributed by atoms with Crippen molar-refractivity contribution in [1.29, 1.82) is 0 Å². The van der Waals surface area contributed by atoms with Crippen molar-refractivity contribution in [2.24, 2.45) is 0 Å². The molecular weight excluding hydrogens is 460 g/mol. The van der Waals surface area contributed by atoms with E-state index < -0.39 is 38.6 Å². The first-order valence-corrected chi connectivity index (χ1v) is 12.0. The number of amides is 1. The number of ether oxygens (including phenoxy) is 1. The van der Waals surface area contributed by atoms with E-state index in [1.165, 1.54) is 19.1 Å². The van der Waals surface area contributed by atoms with E-state index in [1.807, 2.05) is 43.1 Å². The Morgan fingerprint density at radius 2 is 1.65 bits per heavy atom. The van der Waals surface area contributed by atoms with Crippen molar-refractivity contribution in [3.8, 4) is 5.75 Å². The Morgan fingerprint density at radius 3 is 2.24 bits per heavy atom. The Balaban J connectivity index is 1.95. The van der Waals surface area contributed by atoms with Gasteiger partial charge in [-0.15, -0.1) is 0 Å². The SMILES string of the molecule is CCOc1ccc(N(CC(=O)NCc2ccc(C)cc2)S(=O)(=O)c2c(C)[nH]c(=O)[nH]c2=O)cc1. The molecule has 0 radical (unpaired) electrons. The van der Waals surface area contributed by atoms with Crippen molar-refractivity contribution < 1.29 is 17.9 Å². The molecule has 10 nitrogen and oxygen atoms in total. The van der Waals surface area contributed by atoms with Crippen LogP contribution in [0.2, 0.25) is 0 Å². The van der Waals surface area contributed by atoms with Crippen LogP contribution in [0.1, 0.15) is 23.7 Å². The summed E-state index contributed by atoms with van der Waals surface area (Å²) in [5.41, 5.74) is 0.0394. The van der Waals surface area contributed by atoms with E-state index in [1.54, 1.807) is 12.1 Å². The third-order valence-corrected chi connectivity index (χ3v) is 6.88. The smallest absolute Gasteiger partial charge is 0.325 e. The minimum atomic E-state index is -4.52. The molecule has 2 aromatic carbocycles. The van der Waals surface area contributed by atoms with Gasteiger partial charge in [-0.05, 0) is 50.6 Å². The van der Waals surface area contributed by atoms with Gasteiger partial charge in [0.2, 0.25) is 5.91 Å². The van der Waals surface area contributed by atoms with Gasteiger partial charge in [0.25, 0.3) is 15.6 Å². The van der Waals surface area contributed by atoms with Crippen LogP contribution in [0.25, 0.3) is 0 Å². The van der Waals surface area contributed by atoms with Crippen molar-refractivity contribution in [1.82, 2.24) is 15.3 Å². The number of H-pyrrole nitrogens is 2. The van der Waals surface area contributed by atoms with E-state index in [0.717, 1.165) is 15.4 Å². The lowest BCUT2D eigenvalue weighted by atomic mass is 10.1. The minimum absolute atomic E-state index is 0.134. The maximum Gasteiger partial charge on any atom is 0.325 e. The van der Waals surface area contributed by atoms with E-state index in [2.05, 4.69) is 10.3 Å². The molecule has 1 heterocycles. The number of anilines is 1. The molecule has 0 aliphatic heterocycles. The fourth-order valence-electron chi connectivity index (χ4n) is 3.29. The van der Waals surface area contributed by atoms with E-state index in [9.17, 15) is 22.8 Å². The summed E-state index contributed by atoms with van der Waals surface area (Å²) in [5, 5.41) is 2.70. The maximum absolute atomic E-state index is 13.5. The second-order valence-corrected chi connectivity index (χ2v) is 9.36. The Kier molecular flexibility index (Phi) is 7.57. The molecule has 11 heteroatoms. The highest BCUT2D eigenvalue weighted by Crippen LogP contribution is 2.25. The van der Waals surface area contributed by atoms with Gasteiger partial charge in [-0.2, -0.15) is 0 Å². The Hall–Kier alpha value is -3.86. The molecule has 1 aromatic heterocycles. The van der Waals surface area contributed by atoms with Crippen LogP contribution in [0.3, 0.4) is 0 Å². The van der Waals surface area contributed by atoms with Crippen LogP contribution >= 0.6 is 0 Å². The second kappa shape index (κ2) is 10.4. The van der Waals surface area contributed by atoms with Crippen LogP contribution < -0.4 is 25.6 Å². The highest BCUT2D eigenvalue weighted by Gasteiger charge is 2.31. The molecule has 34 heavy (non-hydrogen) atoms. The molecule has 0 aliphatic carbocycles. The zero-order chi connectivity index (χ0) is 24.9. The maximum atomic E-state index is 13.5. The molecule has 0 bridgehead atoms. The Bertz CT molecular complexity index is 1380. The van der Waals surface area contributed by atoms with Crippen molar-refractivity contribution in [2.45, 2.75) is 32.2 Å². The van der Waals surface area contributed by atoms with E-state index >= 15 is 0 Å². The molecule has 0 spiro atoms. The number of rotatable bonds is 9.